The Kier molecular flexibility index (Phi) is 4.65. The first-order valence-corrected chi connectivity index (χ1v) is 8.13. The van der Waals surface area contributed by atoms with Gasteiger partial charge in [0.05, 0.1) is 12.2 Å². The highest BCUT2D eigenvalue weighted by molar-refractivity contribution is 7.99. The molecule has 1 aromatic heterocycles. The van der Waals surface area contributed by atoms with Gasteiger partial charge in [-0.25, -0.2) is 0 Å². The normalized spacial score (nSPS) is 19.1. The van der Waals surface area contributed by atoms with Crippen molar-refractivity contribution in [3.05, 3.63) is 36.2 Å². The van der Waals surface area contributed by atoms with Crippen LogP contribution in [0.25, 0.3) is 5.69 Å². The molecule has 5 nitrogen and oxygen atoms in total. The van der Waals surface area contributed by atoms with Crippen molar-refractivity contribution < 1.29 is 0 Å². The Morgan fingerprint density at radius 3 is 2.95 bits per heavy atom. The Bertz CT molecular complexity index is 521. The van der Waals surface area contributed by atoms with Crippen molar-refractivity contribution in [2.24, 2.45) is 0 Å². The maximum atomic E-state index is 4.11. The van der Waals surface area contributed by atoms with Gasteiger partial charge in [-0.3, -0.25) is 0 Å². The van der Waals surface area contributed by atoms with E-state index in [1.165, 1.54) is 25.0 Å². The topological polar surface area (TPSA) is 55.6 Å². The standard InChI is InChI=1S/C14H19N5S/c1-2-6-12(7-3-1)19-14(16-17-18-19)11-15-10-13-8-4-5-9-20-13/h1-3,6-7,13,15H,4-5,8-11H2. The lowest BCUT2D eigenvalue weighted by atomic mass is 10.2. The summed E-state index contributed by atoms with van der Waals surface area (Å²) in [4.78, 5) is 0. The Morgan fingerprint density at radius 1 is 1.25 bits per heavy atom. The monoisotopic (exact) mass is 289 g/mol. The number of hydrogen-bond acceptors (Lipinski definition) is 5. The van der Waals surface area contributed by atoms with E-state index in [-0.39, 0.29) is 0 Å². The van der Waals surface area contributed by atoms with Crippen LogP contribution in [0.15, 0.2) is 30.3 Å². The summed E-state index contributed by atoms with van der Waals surface area (Å²) in [6, 6.07) is 10.00. The molecule has 0 spiro atoms. The van der Waals surface area contributed by atoms with E-state index in [1.54, 1.807) is 4.68 Å². The zero-order valence-electron chi connectivity index (χ0n) is 11.4. The number of nitrogens with one attached hydrogen (secondary N) is 1. The van der Waals surface area contributed by atoms with Crippen LogP contribution in [0.3, 0.4) is 0 Å². The molecule has 106 valence electrons. The van der Waals surface area contributed by atoms with Gasteiger partial charge in [-0.05, 0) is 41.2 Å². The van der Waals surface area contributed by atoms with Crippen molar-refractivity contribution >= 4 is 11.8 Å². The lowest BCUT2D eigenvalue weighted by molar-refractivity contribution is 0.581. The van der Waals surface area contributed by atoms with Gasteiger partial charge in [0.2, 0.25) is 0 Å². The highest BCUT2D eigenvalue weighted by Gasteiger charge is 2.14. The van der Waals surface area contributed by atoms with Crippen molar-refractivity contribution in [2.45, 2.75) is 31.1 Å². The predicted octanol–water partition coefficient (Wildman–Crippen LogP) is 2.04. The van der Waals surface area contributed by atoms with Crippen molar-refractivity contribution in [3.63, 3.8) is 0 Å². The summed E-state index contributed by atoms with van der Waals surface area (Å²) in [7, 11) is 0. The van der Waals surface area contributed by atoms with Crippen LogP contribution in [0, 0.1) is 0 Å². The Labute approximate surface area is 123 Å². The van der Waals surface area contributed by atoms with Crippen LogP contribution in [0.1, 0.15) is 25.1 Å². The largest absolute Gasteiger partial charge is 0.309 e. The summed E-state index contributed by atoms with van der Waals surface area (Å²) in [6.07, 6.45) is 4.05. The number of thioether (sulfide) groups is 1. The second kappa shape index (κ2) is 6.85. The molecule has 1 aliphatic rings. The minimum atomic E-state index is 0.707. The van der Waals surface area contributed by atoms with E-state index in [1.807, 2.05) is 30.3 Å². The highest BCUT2D eigenvalue weighted by atomic mass is 32.2. The first-order chi connectivity index (χ1) is 9.93. The van der Waals surface area contributed by atoms with Gasteiger partial charge in [0.15, 0.2) is 5.82 Å². The summed E-state index contributed by atoms with van der Waals surface area (Å²) in [6.45, 7) is 1.74. The minimum absolute atomic E-state index is 0.707. The molecule has 3 rings (SSSR count). The molecule has 0 radical (unpaired) electrons. The van der Waals surface area contributed by atoms with E-state index < -0.39 is 0 Å². The average Bonchev–Trinajstić information content (AvgIpc) is 2.98. The Hall–Kier alpha value is -1.40. The zero-order chi connectivity index (χ0) is 13.6. The quantitative estimate of drug-likeness (QED) is 0.913. The SMILES string of the molecule is c1ccc(-n2nnnc2CNCC2CCCCS2)cc1. The zero-order valence-corrected chi connectivity index (χ0v) is 12.2. The number of tetrazole rings is 1. The van der Waals surface area contributed by atoms with Gasteiger partial charge >= 0.3 is 0 Å². The lowest BCUT2D eigenvalue weighted by Crippen LogP contribution is -2.27. The lowest BCUT2D eigenvalue weighted by Gasteiger charge is -2.21. The van der Waals surface area contributed by atoms with Gasteiger partial charge in [0.25, 0.3) is 0 Å². The molecule has 1 fully saturated rings. The van der Waals surface area contributed by atoms with Crippen LogP contribution in [0.5, 0.6) is 0 Å². The van der Waals surface area contributed by atoms with E-state index in [2.05, 4.69) is 32.6 Å². The molecule has 1 aromatic carbocycles. The average molecular weight is 289 g/mol. The molecule has 1 aliphatic heterocycles. The van der Waals surface area contributed by atoms with Crippen molar-refractivity contribution in [2.75, 3.05) is 12.3 Å². The number of benzene rings is 1. The van der Waals surface area contributed by atoms with E-state index >= 15 is 0 Å². The Morgan fingerprint density at radius 2 is 2.15 bits per heavy atom. The third kappa shape index (κ3) is 3.37. The maximum Gasteiger partial charge on any atom is 0.170 e. The molecule has 0 bridgehead atoms. The van der Waals surface area contributed by atoms with E-state index in [0.717, 1.165) is 23.3 Å². The smallest absolute Gasteiger partial charge is 0.170 e. The summed E-state index contributed by atoms with van der Waals surface area (Å²) in [5.74, 6) is 2.16. The molecule has 1 saturated heterocycles. The van der Waals surface area contributed by atoms with Crippen LogP contribution in [0.4, 0.5) is 0 Å². The Balaban J connectivity index is 1.57. The van der Waals surface area contributed by atoms with Crippen LogP contribution in [-0.2, 0) is 6.54 Å². The molecule has 6 heteroatoms. The van der Waals surface area contributed by atoms with E-state index in [0.29, 0.717) is 6.54 Å². The molecular weight excluding hydrogens is 270 g/mol. The number of para-hydroxylation sites is 1. The first-order valence-electron chi connectivity index (χ1n) is 7.08. The number of aromatic nitrogens is 4. The molecule has 1 unspecified atom stereocenters. The summed E-state index contributed by atoms with van der Waals surface area (Å²) >= 11 is 2.08. The fourth-order valence-corrected chi connectivity index (χ4v) is 3.67. The third-order valence-electron chi connectivity index (χ3n) is 3.46. The van der Waals surface area contributed by atoms with Crippen LogP contribution in [0.2, 0.25) is 0 Å². The number of rotatable bonds is 5. The highest BCUT2D eigenvalue weighted by Crippen LogP contribution is 2.24. The van der Waals surface area contributed by atoms with E-state index in [4.69, 9.17) is 0 Å². The predicted molar refractivity (Wildman–Crippen MR) is 81.0 cm³/mol. The van der Waals surface area contributed by atoms with Crippen molar-refractivity contribution in [3.8, 4) is 5.69 Å². The minimum Gasteiger partial charge on any atom is -0.309 e. The van der Waals surface area contributed by atoms with Gasteiger partial charge in [0, 0.05) is 11.8 Å². The second-order valence-corrected chi connectivity index (χ2v) is 6.37. The van der Waals surface area contributed by atoms with Gasteiger partial charge in [-0.15, -0.1) is 5.10 Å². The number of nitrogens with zero attached hydrogens (tertiary/aromatic N) is 4. The fraction of sp³-hybridized carbons (Fsp3) is 0.500. The molecule has 0 saturated carbocycles. The summed E-state index contributed by atoms with van der Waals surface area (Å²) in [5.41, 5.74) is 1.00. The van der Waals surface area contributed by atoms with Crippen LogP contribution in [-0.4, -0.2) is 37.8 Å². The second-order valence-electron chi connectivity index (χ2n) is 4.96. The molecule has 1 N–H and O–H groups in total. The summed E-state index contributed by atoms with van der Waals surface area (Å²) < 4.78 is 1.79. The fourth-order valence-electron chi connectivity index (χ4n) is 2.40. The van der Waals surface area contributed by atoms with Crippen LogP contribution >= 0.6 is 11.8 Å². The third-order valence-corrected chi connectivity index (χ3v) is 4.86. The van der Waals surface area contributed by atoms with Crippen molar-refractivity contribution in [1.82, 2.24) is 25.5 Å². The van der Waals surface area contributed by atoms with Crippen LogP contribution < -0.4 is 5.32 Å². The molecule has 0 aliphatic carbocycles. The number of hydrogen-bond donors (Lipinski definition) is 1. The molecule has 1 atom stereocenters. The first kappa shape index (κ1) is 13.6. The van der Waals surface area contributed by atoms with Gasteiger partial charge in [0.1, 0.15) is 0 Å². The maximum absolute atomic E-state index is 4.11. The molecule has 2 heterocycles. The van der Waals surface area contributed by atoms with Crippen molar-refractivity contribution in [1.29, 1.82) is 0 Å². The molecule has 20 heavy (non-hydrogen) atoms. The molecular formula is C14H19N5S. The van der Waals surface area contributed by atoms with Gasteiger partial charge < -0.3 is 5.32 Å². The molecule has 0 amide bonds. The van der Waals surface area contributed by atoms with Gasteiger partial charge in [-0.2, -0.15) is 16.4 Å². The summed E-state index contributed by atoms with van der Waals surface area (Å²) in [5, 5.41) is 16.2. The van der Waals surface area contributed by atoms with E-state index in [9.17, 15) is 0 Å². The molecule has 2 aromatic rings. The van der Waals surface area contributed by atoms with Gasteiger partial charge in [-0.1, -0.05) is 24.6 Å².